The van der Waals surface area contributed by atoms with Crippen molar-refractivity contribution in [3.63, 3.8) is 0 Å². The lowest BCUT2D eigenvalue weighted by molar-refractivity contribution is 0.226. The van der Waals surface area contributed by atoms with E-state index < -0.39 is 0 Å². The molecule has 1 unspecified atom stereocenters. The molecule has 0 aromatic heterocycles. The number of benzene rings is 1. The third-order valence-electron chi connectivity index (χ3n) is 3.85. The molecule has 0 aliphatic carbocycles. The van der Waals surface area contributed by atoms with Crippen molar-refractivity contribution >= 4 is 0 Å². The van der Waals surface area contributed by atoms with E-state index >= 15 is 0 Å². The fourth-order valence-electron chi connectivity index (χ4n) is 2.72. The summed E-state index contributed by atoms with van der Waals surface area (Å²) in [7, 11) is 0. The Morgan fingerprint density at radius 2 is 1.95 bits per heavy atom. The first-order valence-corrected chi connectivity index (χ1v) is 7.45. The fraction of sp³-hybridized carbons (Fsp3) is 0.625. The largest absolute Gasteiger partial charge is 0.313 e. The minimum atomic E-state index is -0.0906. The molecule has 1 fully saturated rings. The summed E-state index contributed by atoms with van der Waals surface area (Å²) >= 11 is 0. The van der Waals surface area contributed by atoms with E-state index in [0.29, 0.717) is 6.04 Å². The highest BCUT2D eigenvalue weighted by atomic mass is 19.1. The van der Waals surface area contributed by atoms with Crippen LogP contribution in [0.4, 0.5) is 4.39 Å². The zero-order valence-corrected chi connectivity index (χ0v) is 11.9. The molecule has 0 amide bonds. The van der Waals surface area contributed by atoms with Gasteiger partial charge >= 0.3 is 0 Å². The van der Waals surface area contributed by atoms with Crippen molar-refractivity contribution in [1.82, 2.24) is 10.2 Å². The van der Waals surface area contributed by atoms with E-state index in [4.69, 9.17) is 0 Å². The molecule has 1 atom stereocenters. The van der Waals surface area contributed by atoms with E-state index in [9.17, 15) is 4.39 Å². The van der Waals surface area contributed by atoms with Gasteiger partial charge in [0.05, 0.1) is 0 Å². The average Bonchev–Trinajstić information content (AvgIpc) is 2.43. The van der Waals surface area contributed by atoms with Crippen molar-refractivity contribution in [2.45, 2.75) is 38.6 Å². The van der Waals surface area contributed by atoms with E-state index in [1.807, 2.05) is 12.1 Å². The second kappa shape index (κ2) is 7.61. The third-order valence-corrected chi connectivity index (χ3v) is 3.85. The van der Waals surface area contributed by atoms with Gasteiger partial charge in [-0.15, -0.1) is 0 Å². The van der Waals surface area contributed by atoms with E-state index in [-0.39, 0.29) is 5.82 Å². The summed E-state index contributed by atoms with van der Waals surface area (Å²) in [5.74, 6) is -0.0906. The molecular weight excluding hydrogens is 239 g/mol. The van der Waals surface area contributed by atoms with Crippen molar-refractivity contribution in [1.29, 1.82) is 0 Å². The van der Waals surface area contributed by atoms with Crippen LogP contribution < -0.4 is 5.32 Å². The summed E-state index contributed by atoms with van der Waals surface area (Å²) in [4.78, 5) is 2.52. The Kier molecular flexibility index (Phi) is 5.80. The van der Waals surface area contributed by atoms with Gasteiger partial charge in [0.25, 0.3) is 0 Å². The lowest BCUT2D eigenvalue weighted by atomic mass is 10.1. The summed E-state index contributed by atoms with van der Waals surface area (Å²) < 4.78 is 13.5. The molecule has 3 heteroatoms. The molecule has 2 nitrogen and oxygen atoms in total. The Labute approximate surface area is 116 Å². The van der Waals surface area contributed by atoms with E-state index in [1.54, 1.807) is 6.07 Å². The van der Waals surface area contributed by atoms with Gasteiger partial charge in [-0.2, -0.15) is 0 Å². The lowest BCUT2D eigenvalue weighted by Gasteiger charge is -2.27. The molecule has 1 aromatic carbocycles. The van der Waals surface area contributed by atoms with Crippen LogP contribution in [0.1, 0.15) is 31.7 Å². The molecule has 1 aliphatic heterocycles. The monoisotopic (exact) mass is 264 g/mol. The first-order chi connectivity index (χ1) is 9.25. The van der Waals surface area contributed by atoms with Crippen LogP contribution in [-0.4, -0.2) is 37.1 Å². The van der Waals surface area contributed by atoms with Crippen molar-refractivity contribution < 1.29 is 4.39 Å². The van der Waals surface area contributed by atoms with Gasteiger partial charge in [-0.3, -0.25) is 0 Å². The Balaban J connectivity index is 1.67. The first-order valence-electron chi connectivity index (χ1n) is 7.45. The van der Waals surface area contributed by atoms with Crippen molar-refractivity contribution in [2.24, 2.45) is 0 Å². The smallest absolute Gasteiger partial charge is 0.126 e. The summed E-state index contributed by atoms with van der Waals surface area (Å²) in [5, 5.41) is 3.50. The van der Waals surface area contributed by atoms with Crippen molar-refractivity contribution in [3.8, 4) is 0 Å². The minimum Gasteiger partial charge on any atom is -0.313 e. The van der Waals surface area contributed by atoms with Crippen LogP contribution in [-0.2, 0) is 6.42 Å². The van der Waals surface area contributed by atoms with Crippen LogP contribution in [0, 0.1) is 5.82 Å². The maximum Gasteiger partial charge on any atom is 0.126 e. The molecule has 1 aromatic rings. The molecule has 0 radical (unpaired) electrons. The van der Waals surface area contributed by atoms with Crippen LogP contribution >= 0.6 is 0 Å². The summed E-state index contributed by atoms with van der Waals surface area (Å²) in [6.45, 7) is 6.71. The molecule has 1 aliphatic rings. The maximum absolute atomic E-state index is 13.5. The molecular formula is C16H25FN2. The van der Waals surface area contributed by atoms with Crippen molar-refractivity contribution in [3.05, 3.63) is 35.6 Å². The molecule has 19 heavy (non-hydrogen) atoms. The quantitative estimate of drug-likeness (QED) is 0.850. The summed E-state index contributed by atoms with van der Waals surface area (Å²) in [6, 6.07) is 7.38. The summed E-state index contributed by atoms with van der Waals surface area (Å²) in [5.41, 5.74) is 0.806. The van der Waals surface area contributed by atoms with Gasteiger partial charge < -0.3 is 10.2 Å². The van der Waals surface area contributed by atoms with Gasteiger partial charge in [0.2, 0.25) is 0 Å². The number of nitrogens with one attached hydrogen (secondary N) is 1. The number of hydrogen-bond acceptors (Lipinski definition) is 2. The predicted molar refractivity (Wildman–Crippen MR) is 77.9 cm³/mol. The fourth-order valence-corrected chi connectivity index (χ4v) is 2.72. The first kappa shape index (κ1) is 14.5. The van der Waals surface area contributed by atoms with Crippen LogP contribution in [0.5, 0.6) is 0 Å². The van der Waals surface area contributed by atoms with Gasteiger partial charge in [0, 0.05) is 19.1 Å². The second-order valence-electron chi connectivity index (χ2n) is 5.55. The van der Waals surface area contributed by atoms with Gasteiger partial charge in [-0.1, -0.05) is 24.6 Å². The minimum absolute atomic E-state index is 0.0906. The Morgan fingerprint density at radius 1 is 1.21 bits per heavy atom. The highest BCUT2D eigenvalue weighted by Crippen LogP contribution is 2.09. The molecule has 0 spiro atoms. The van der Waals surface area contributed by atoms with Crippen LogP contribution in [0.15, 0.2) is 24.3 Å². The van der Waals surface area contributed by atoms with E-state index in [2.05, 4.69) is 17.1 Å². The standard InChI is InChI=1S/C16H25FN2/c1-14(13-15-7-3-4-8-16(15)17)18-9-12-19-10-5-2-6-11-19/h3-4,7-8,14,18H,2,5-6,9-13H2,1H3. The van der Waals surface area contributed by atoms with Crippen molar-refractivity contribution in [2.75, 3.05) is 26.2 Å². The predicted octanol–water partition coefficient (Wildman–Crippen LogP) is 2.83. The number of nitrogens with zero attached hydrogens (tertiary/aromatic N) is 1. The van der Waals surface area contributed by atoms with Crippen LogP contribution in [0.3, 0.4) is 0 Å². The van der Waals surface area contributed by atoms with E-state index in [0.717, 1.165) is 25.1 Å². The summed E-state index contributed by atoms with van der Waals surface area (Å²) in [6.07, 6.45) is 4.82. The molecule has 1 heterocycles. The average molecular weight is 264 g/mol. The highest BCUT2D eigenvalue weighted by Gasteiger charge is 2.10. The number of rotatable bonds is 6. The van der Waals surface area contributed by atoms with E-state index in [1.165, 1.54) is 38.4 Å². The third kappa shape index (κ3) is 4.92. The molecule has 1 saturated heterocycles. The number of hydrogen-bond donors (Lipinski definition) is 1. The van der Waals surface area contributed by atoms with Crippen LogP contribution in [0.25, 0.3) is 0 Å². The Hall–Kier alpha value is -0.930. The number of likely N-dealkylation sites (tertiary alicyclic amines) is 1. The lowest BCUT2D eigenvalue weighted by Crippen LogP contribution is -2.39. The van der Waals surface area contributed by atoms with Gasteiger partial charge in [0.15, 0.2) is 0 Å². The zero-order valence-electron chi connectivity index (χ0n) is 11.9. The number of halogens is 1. The molecule has 0 bridgehead atoms. The second-order valence-corrected chi connectivity index (χ2v) is 5.55. The Morgan fingerprint density at radius 3 is 2.68 bits per heavy atom. The molecule has 1 N–H and O–H groups in total. The topological polar surface area (TPSA) is 15.3 Å². The highest BCUT2D eigenvalue weighted by molar-refractivity contribution is 5.18. The maximum atomic E-state index is 13.5. The molecule has 2 rings (SSSR count). The molecule has 106 valence electrons. The van der Waals surface area contributed by atoms with Crippen LogP contribution in [0.2, 0.25) is 0 Å². The SMILES string of the molecule is CC(Cc1ccccc1F)NCCN1CCCCC1. The van der Waals surface area contributed by atoms with Gasteiger partial charge in [-0.25, -0.2) is 4.39 Å². The van der Waals surface area contributed by atoms with Gasteiger partial charge in [-0.05, 0) is 50.9 Å². The molecule has 0 saturated carbocycles. The Bertz CT molecular complexity index is 375. The number of piperidine rings is 1. The van der Waals surface area contributed by atoms with Gasteiger partial charge in [0.1, 0.15) is 5.82 Å². The zero-order chi connectivity index (χ0) is 13.5. The normalized spacial score (nSPS) is 18.4.